The highest BCUT2D eigenvalue weighted by atomic mass is 19.2. The molecule has 0 aliphatic carbocycles. The van der Waals surface area contributed by atoms with Crippen LogP contribution in [-0.2, 0) is 4.74 Å². The molecule has 1 N–H and O–H groups in total. The van der Waals surface area contributed by atoms with E-state index in [1.165, 1.54) is 6.07 Å². The zero-order chi connectivity index (χ0) is 19.7. The Morgan fingerprint density at radius 3 is 2.46 bits per heavy atom. The van der Waals surface area contributed by atoms with Crippen LogP contribution in [-0.4, -0.2) is 46.1 Å². The highest BCUT2D eigenvalue weighted by molar-refractivity contribution is 5.61. The second-order valence-corrected chi connectivity index (χ2v) is 6.60. The molecule has 28 heavy (non-hydrogen) atoms. The predicted molar refractivity (Wildman–Crippen MR) is 101 cm³/mol. The van der Waals surface area contributed by atoms with Crippen LogP contribution in [0.5, 0.6) is 0 Å². The number of aryl methyl sites for hydroxylation is 2. The maximum absolute atomic E-state index is 13.6. The first-order valence-electron chi connectivity index (χ1n) is 8.97. The quantitative estimate of drug-likeness (QED) is 0.743. The SMILES string of the molecule is Cc1cc(C)n(-c2nc(Nc3ccc(F)c(F)c3)cc(N3CCOCC3)n2)n1. The molecule has 0 saturated carbocycles. The minimum absolute atomic E-state index is 0.393. The Morgan fingerprint density at radius 2 is 1.79 bits per heavy atom. The standard InChI is InChI=1S/C19H20F2N6O/c1-12-9-13(2)27(25-12)19-23-17(22-14-3-4-15(20)16(21)10-14)11-18(24-19)26-5-7-28-8-6-26/h3-4,9-11H,5-8H2,1-2H3,(H,22,23,24). The fourth-order valence-electron chi connectivity index (χ4n) is 3.09. The van der Waals surface area contributed by atoms with Gasteiger partial charge in [-0.2, -0.15) is 15.1 Å². The van der Waals surface area contributed by atoms with Crippen molar-refractivity contribution in [3.8, 4) is 5.95 Å². The Balaban J connectivity index is 1.74. The van der Waals surface area contributed by atoms with Crippen molar-refractivity contribution in [2.75, 3.05) is 36.5 Å². The number of halogens is 2. The number of benzene rings is 1. The molecule has 1 aliphatic heterocycles. The van der Waals surface area contributed by atoms with Gasteiger partial charge in [0.15, 0.2) is 11.6 Å². The number of ether oxygens (including phenoxy) is 1. The summed E-state index contributed by atoms with van der Waals surface area (Å²) in [6.45, 7) is 6.47. The van der Waals surface area contributed by atoms with Crippen LogP contribution in [0.15, 0.2) is 30.3 Å². The van der Waals surface area contributed by atoms with Crippen LogP contribution >= 0.6 is 0 Å². The van der Waals surface area contributed by atoms with Crippen LogP contribution in [0.1, 0.15) is 11.4 Å². The van der Waals surface area contributed by atoms with Gasteiger partial charge in [-0.05, 0) is 32.0 Å². The van der Waals surface area contributed by atoms with Gasteiger partial charge in [-0.1, -0.05) is 0 Å². The van der Waals surface area contributed by atoms with Crippen LogP contribution in [0.4, 0.5) is 26.1 Å². The molecular weight excluding hydrogens is 366 g/mol. The van der Waals surface area contributed by atoms with Crippen molar-refractivity contribution in [2.45, 2.75) is 13.8 Å². The Labute approximate surface area is 161 Å². The van der Waals surface area contributed by atoms with E-state index in [9.17, 15) is 8.78 Å². The van der Waals surface area contributed by atoms with Crippen LogP contribution in [0.3, 0.4) is 0 Å². The van der Waals surface area contributed by atoms with Gasteiger partial charge >= 0.3 is 0 Å². The Morgan fingerprint density at radius 1 is 1.00 bits per heavy atom. The fraction of sp³-hybridized carbons (Fsp3) is 0.316. The molecule has 7 nitrogen and oxygen atoms in total. The van der Waals surface area contributed by atoms with E-state index in [0.717, 1.165) is 23.5 Å². The van der Waals surface area contributed by atoms with E-state index in [2.05, 4.69) is 25.3 Å². The van der Waals surface area contributed by atoms with E-state index in [1.54, 1.807) is 10.7 Å². The smallest absolute Gasteiger partial charge is 0.254 e. The van der Waals surface area contributed by atoms with Crippen molar-refractivity contribution >= 4 is 17.3 Å². The summed E-state index contributed by atoms with van der Waals surface area (Å²) in [5.74, 6) is -0.243. The van der Waals surface area contributed by atoms with Crippen LogP contribution < -0.4 is 10.2 Å². The molecule has 1 saturated heterocycles. The molecule has 3 aromatic rings. The van der Waals surface area contributed by atoms with E-state index >= 15 is 0 Å². The second-order valence-electron chi connectivity index (χ2n) is 6.60. The second kappa shape index (κ2) is 7.51. The Kier molecular flexibility index (Phi) is 4.91. The van der Waals surface area contributed by atoms with Gasteiger partial charge in [0.1, 0.15) is 11.6 Å². The van der Waals surface area contributed by atoms with Crippen molar-refractivity contribution in [3.05, 3.63) is 53.4 Å². The first-order valence-corrected chi connectivity index (χ1v) is 8.97. The normalized spacial score (nSPS) is 14.4. The predicted octanol–water partition coefficient (Wildman–Crippen LogP) is 3.14. The topological polar surface area (TPSA) is 68.1 Å². The summed E-state index contributed by atoms with van der Waals surface area (Å²) >= 11 is 0. The highest BCUT2D eigenvalue weighted by Crippen LogP contribution is 2.23. The van der Waals surface area contributed by atoms with Crippen molar-refractivity contribution in [3.63, 3.8) is 0 Å². The van der Waals surface area contributed by atoms with Crippen molar-refractivity contribution in [2.24, 2.45) is 0 Å². The summed E-state index contributed by atoms with van der Waals surface area (Å²) < 4.78 is 33.9. The van der Waals surface area contributed by atoms with Crippen LogP contribution in [0.2, 0.25) is 0 Å². The summed E-state index contributed by atoms with van der Waals surface area (Å²) in [5, 5.41) is 7.48. The van der Waals surface area contributed by atoms with Crippen LogP contribution in [0, 0.1) is 25.5 Å². The van der Waals surface area contributed by atoms with Crippen molar-refractivity contribution in [1.82, 2.24) is 19.7 Å². The van der Waals surface area contributed by atoms with E-state index in [-0.39, 0.29) is 0 Å². The molecule has 4 rings (SSSR count). The zero-order valence-corrected chi connectivity index (χ0v) is 15.6. The molecule has 0 bridgehead atoms. The zero-order valence-electron chi connectivity index (χ0n) is 15.6. The van der Waals surface area contributed by atoms with E-state index in [1.807, 2.05) is 19.9 Å². The van der Waals surface area contributed by atoms with Gasteiger partial charge in [0.25, 0.3) is 5.95 Å². The summed E-state index contributed by atoms with van der Waals surface area (Å²) in [6, 6.07) is 7.34. The molecule has 0 amide bonds. The molecule has 0 spiro atoms. The number of morpholine rings is 1. The third-order valence-corrected chi connectivity index (χ3v) is 4.43. The number of nitrogens with one attached hydrogen (secondary N) is 1. The summed E-state index contributed by atoms with van der Waals surface area (Å²) in [5.41, 5.74) is 2.15. The van der Waals surface area contributed by atoms with Gasteiger partial charge in [0.05, 0.1) is 18.9 Å². The molecule has 1 aliphatic rings. The van der Waals surface area contributed by atoms with Gasteiger partial charge in [-0.25, -0.2) is 13.5 Å². The Hall–Kier alpha value is -3.07. The van der Waals surface area contributed by atoms with Gasteiger partial charge in [-0.3, -0.25) is 0 Å². The summed E-state index contributed by atoms with van der Waals surface area (Å²) in [4.78, 5) is 11.3. The number of anilines is 3. The van der Waals surface area contributed by atoms with E-state index < -0.39 is 11.6 Å². The summed E-state index contributed by atoms with van der Waals surface area (Å²) in [7, 11) is 0. The molecular formula is C19H20F2N6O. The third kappa shape index (κ3) is 3.79. The molecule has 2 aromatic heterocycles. The lowest BCUT2D eigenvalue weighted by atomic mass is 10.3. The lowest BCUT2D eigenvalue weighted by molar-refractivity contribution is 0.122. The molecule has 1 fully saturated rings. The molecule has 146 valence electrons. The van der Waals surface area contributed by atoms with Crippen molar-refractivity contribution in [1.29, 1.82) is 0 Å². The number of hydrogen-bond acceptors (Lipinski definition) is 6. The number of aromatic nitrogens is 4. The van der Waals surface area contributed by atoms with Gasteiger partial charge in [0, 0.05) is 36.6 Å². The number of nitrogens with zero attached hydrogens (tertiary/aromatic N) is 5. The van der Waals surface area contributed by atoms with Gasteiger partial charge in [0.2, 0.25) is 0 Å². The first-order chi connectivity index (χ1) is 13.5. The van der Waals surface area contributed by atoms with Crippen molar-refractivity contribution < 1.29 is 13.5 Å². The highest BCUT2D eigenvalue weighted by Gasteiger charge is 2.17. The average Bonchev–Trinajstić information content (AvgIpc) is 3.03. The lowest BCUT2D eigenvalue weighted by Crippen LogP contribution is -2.37. The van der Waals surface area contributed by atoms with E-state index in [4.69, 9.17) is 4.74 Å². The largest absolute Gasteiger partial charge is 0.378 e. The number of rotatable bonds is 4. The lowest BCUT2D eigenvalue weighted by Gasteiger charge is -2.28. The molecule has 0 unspecified atom stereocenters. The number of hydrogen-bond donors (Lipinski definition) is 1. The first kappa shape index (κ1) is 18.3. The Bertz CT molecular complexity index is 1000. The minimum Gasteiger partial charge on any atom is -0.378 e. The molecule has 3 heterocycles. The maximum atomic E-state index is 13.6. The van der Waals surface area contributed by atoms with E-state index in [0.29, 0.717) is 49.6 Å². The molecule has 9 heteroatoms. The molecule has 0 atom stereocenters. The summed E-state index contributed by atoms with van der Waals surface area (Å²) in [6.07, 6.45) is 0. The molecule has 0 radical (unpaired) electrons. The minimum atomic E-state index is -0.925. The molecule has 1 aromatic carbocycles. The average molecular weight is 386 g/mol. The van der Waals surface area contributed by atoms with Crippen LogP contribution in [0.25, 0.3) is 5.95 Å². The maximum Gasteiger partial charge on any atom is 0.254 e. The fourth-order valence-corrected chi connectivity index (χ4v) is 3.09. The van der Waals surface area contributed by atoms with Gasteiger partial charge in [-0.15, -0.1) is 0 Å². The monoisotopic (exact) mass is 386 g/mol. The third-order valence-electron chi connectivity index (χ3n) is 4.43. The van der Waals surface area contributed by atoms with Gasteiger partial charge < -0.3 is 15.0 Å².